The van der Waals surface area contributed by atoms with Gasteiger partial charge in [0.1, 0.15) is 5.75 Å². The topological polar surface area (TPSA) is 122 Å². The SMILES string of the molecule is COc1ccc(NS(=O)(=O)c2ccc(NC(=O)c3ccc(CN(c4cccc(Cl)c4Cl)S(C)(=O)=O)cc3)cc2)cc1. The zero-order valence-corrected chi connectivity index (χ0v) is 25.0. The summed E-state index contributed by atoms with van der Waals surface area (Å²) in [6, 6.07) is 23.3. The van der Waals surface area contributed by atoms with Gasteiger partial charge in [0.2, 0.25) is 10.0 Å². The van der Waals surface area contributed by atoms with E-state index in [2.05, 4.69) is 10.0 Å². The van der Waals surface area contributed by atoms with E-state index < -0.39 is 26.0 Å². The molecule has 0 heterocycles. The highest BCUT2D eigenvalue weighted by molar-refractivity contribution is 7.92. The van der Waals surface area contributed by atoms with E-state index in [4.69, 9.17) is 27.9 Å². The fourth-order valence-electron chi connectivity index (χ4n) is 3.79. The number of nitrogens with zero attached hydrogens (tertiary/aromatic N) is 1. The van der Waals surface area contributed by atoms with Crippen molar-refractivity contribution in [1.82, 2.24) is 0 Å². The summed E-state index contributed by atoms with van der Waals surface area (Å²) in [6.45, 7) is -0.0265. The van der Waals surface area contributed by atoms with Gasteiger partial charge >= 0.3 is 0 Å². The third kappa shape index (κ3) is 7.50. The summed E-state index contributed by atoms with van der Waals surface area (Å²) < 4.78 is 59.1. The Morgan fingerprint density at radius 1 is 0.829 bits per heavy atom. The fraction of sp³-hybridized carbons (Fsp3) is 0.107. The Bertz CT molecular complexity index is 1760. The van der Waals surface area contributed by atoms with Gasteiger partial charge in [0.05, 0.1) is 40.5 Å². The summed E-state index contributed by atoms with van der Waals surface area (Å²) in [6.07, 6.45) is 1.07. The molecule has 41 heavy (non-hydrogen) atoms. The summed E-state index contributed by atoms with van der Waals surface area (Å²) in [5.74, 6) is 0.169. The van der Waals surface area contributed by atoms with Crippen molar-refractivity contribution < 1.29 is 26.4 Å². The number of rotatable bonds is 10. The van der Waals surface area contributed by atoms with Gasteiger partial charge in [-0.25, -0.2) is 16.8 Å². The quantitative estimate of drug-likeness (QED) is 0.220. The molecule has 2 N–H and O–H groups in total. The van der Waals surface area contributed by atoms with Crippen molar-refractivity contribution >= 4 is 66.2 Å². The number of hydrogen-bond donors (Lipinski definition) is 2. The molecule has 9 nitrogen and oxygen atoms in total. The molecule has 0 spiro atoms. The summed E-state index contributed by atoms with van der Waals surface area (Å²) >= 11 is 12.3. The van der Waals surface area contributed by atoms with Crippen molar-refractivity contribution in [3.63, 3.8) is 0 Å². The van der Waals surface area contributed by atoms with Crippen molar-refractivity contribution in [1.29, 1.82) is 0 Å². The van der Waals surface area contributed by atoms with Crippen LogP contribution in [0.4, 0.5) is 17.1 Å². The van der Waals surface area contributed by atoms with Gasteiger partial charge in [-0.05, 0) is 78.4 Å². The summed E-state index contributed by atoms with van der Waals surface area (Å²) in [5, 5.41) is 3.06. The average molecular weight is 635 g/mol. The Morgan fingerprint density at radius 2 is 1.44 bits per heavy atom. The molecule has 0 radical (unpaired) electrons. The predicted molar refractivity (Wildman–Crippen MR) is 162 cm³/mol. The van der Waals surface area contributed by atoms with E-state index in [9.17, 15) is 21.6 Å². The Labute approximate surface area is 248 Å². The maximum absolute atomic E-state index is 12.8. The molecule has 0 atom stereocenters. The largest absolute Gasteiger partial charge is 0.497 e. The molecule has 0 aliphatic heterocycles. The number of carbonyl (C=O) groups excluding carboxylic acids is 1. The van der Waals surface area contributed by atoms with Gasteiger partial charge in [-0.3, -0.25) is 13.8 Å². The van der Waals surface area contributed by atoms with Crippen LogP contribution in [0.2, 0.25) is 10.0 Å². The number of methoxy groups -OCH3 is 1. The molecule has 1 amide bonds. The number of hydrogen-bond acceptors (Lipinski definition) is 6. The number of benzene rings is 4. The Morgan fingerprint density at radius 3 is 2.02 bits per heavy atom. The Balaban J connectivity index is 1.42. The van der Waals surface area contributed by atoms with Crippen LogP contribution in [-0.4, -0.2) is 36.1 Å². The molecular formula is C28H25Cl2N3O6S2. The van der Waals surface area contributed by atoms with Gasteiger partial charge in [0.15, 0.2) is 0 Å². The first-order valence-electron chi connectivity index (χ1n) is 12.0. The third-order valence-electron chi connectivity index (χ3n) is 5.91. The van der Waals surface area contributed by atoms with E-state index in [-0.39, 0.29) is 27.2 Å². The molecule has 0 aromatic heterocycles. The molecule has 0 aliphatic carbocycles. The zero-order chi connectivity index (χ0) is 29.8. The van der Waals surface area contributed by atoms with Crippen molar-refractivity contribution in [2.45, 2.75) is 11.4 Å². The van der Waals surface area contributed by atoms with Gasteiger partial charge in [-0.15, -0.1) is 0 Å². The lowest BCUT2D eigenvalue weighted by atomic mass is 10.1. The van der Waals surface area contributed by atoms with Crippen LogP contribution in [0.25, 0.3) is 0 Å². The monoisotopic (exact) mass is 633 g/mol. The minimum absolute atomic E-state index is 0.0194. The highest BCUT2D eigenvalue weighted by Crippen LogP contribution is 2.34. The van der Waals surface area contributed by atoms with E-state index in [1.165, 1.54) is 31.4 Å². The number of anilines is 3. The van der Waals surface area contributed by atoms with E-state index >= 15 is 0 Å². The second-order valence-corrected chi connectivity index (χ2v) is 13.2. The molecule has 0 saturated heterocycles. The molecule has 0 aliphatic rings. The van der Waals surface area contributed by atoms with Crippen LogP contribution >= 0.6 is 23.2 Å². The Hall–Kier alpha value is -3.77. The first-order chi connectivity index (χ1) is 19.4. The molecule has 0 saturated carbocycles. The average Bonchev–Trinajstić information content (AvgIpc) is 2.94. The van der Waals surface area contributed by atoms with Crippen LogP contribution in [0.1, 0.15) is 15.9 Å². The molecule has 4 aromatic carbocycles. The second-order valence-electron chi connectivity index (χ2n) is 8.85. The summed E-state index contributed by atoms with van der Waals surface area (Å²) in [4.78, 5) is 12.8. The molecule has 0 fully saturated rings. The molecule has 0 bridgehead atoms. The highest BCUT2D eigenvalue weighted by atomic mass is 35.5. The van der Waals surface area contributed by atoms with Gasteiger partial charge in [0, 0.05) is 16.9 Å². The van der Waals surface area contributed by atoms with Crippen LogP contribution in [0, 0.1) is 0 Å². The van der Waals surface area contributed by atoms with Crippen molar-refractivity contribution in [2.24, 2.45) is 0 Å². The van der Waals surface area contributed by atoms with Gasteiger partial charge in [0.25, 0.3) is 15.9 Å². The predicted octanol–water partition coefficient (Wildman–Crippen LogP) is 6.02. The number of amides is 1. The minimum Gasteiger partial charge on any atom is -0.497 e. The summed E-state index contributed by atoms with van der Waals surface area (Å²) in [7, 11) is -6.03. The molecular weight excluding hydrogens is 609 g/mol. The van der Waals surface area contributed by atoms with Crippen LogP contribution in [0.5, 0.6) is 5.75 Å². The standard InChI is InChI=1S/C28H25Cl2N3O6S2/c1-39-23-14-10-22(11-15-23)32-41(37,38)24-16-12-21(13-17-24)31-28(34)20-8-6-19(7-9-20)18-33(40(2,35)36)26-5-3-4-25(29)27(26)30/h3-17,32H,18H2,1-2H3,(H,31,34). The van der Waals surface area contributed by atoms with Crippen LogP contribution in [0.15, 0.2) is 95.9 Å². The number of ether oxygens (including phenoxy) is 1. The molecule has 4 aromatic rings. The van der Waals surface area contributed by atoms with Crippen molar-refractivity contribution in [3.8, 4) is 5.75 Å². The number of halogens is 2. The second kappa shape index (κ2) is 12.4. The lowest BCUT2D eigenvalue weighted by molar-refractivity contribution is 0.102. The van der Waals surface area contributed by atoms with Crippen molar-refractivity contribution in [3.05, 3.63) is 112 Å². The molecule has 214 valence electrons. The van der Waals surface area contributed by atoms with E-state index in [1.807, 2.05) is 0 Å². The summed E-state index contributed by atoms with van der Waals surface area (Å²) in [5.41, 5.74) is 1.94. The van der Waals surface area contributed by atoms with Crippen LogP contribution in [0.3, 0.4) is 0 Å². The van der Waals surface area contributed by atoms with E-state index in [0.29, 0.717) is 28.3 Å². The lowest BCUT2D eigenvalue weighted by Gasteiger charge is -2.24. The Kier molecular flexibility index (Phi) is 9.13. The third-order valence-corrected chi connectivity index (χ3v) is 9.24. The molecule has 0 unspecified atom stereocenters. The maximum Gasteiger partial charge on any atom is 0.261 e. The normalized spacial score (nSPS) is 11.5. The van der Waals surface area contributed by atoms with Gasteiger partial charge in [-0.1, -0.05) is 41.4 Å². The number of nitrogens with one attached hydrogen (secondary N) is 2. The minimum atomic E-state index is -3.85. The van der Waals surface area contributed by atoms with E-state index in [1.54, 1.807) is 66.7 Å². The number of carbonyl (C=O) groups is 1. The molecule has 4 rings (SSSR count). The molecule has 13 heteroatoms. The van der Waals surface area contributed by atoms with Gasteiger partial charge in [-0.2, -0.15) is 0 Å². The lowest BCUT2D eigenvalue weighted by Crippen LogP contribution is -2.29. The van der Waals surface area contributed by atoms with E-state index in [0.717, 1.165) is 10.6 Å². The fourth-order valence-corrected chi connectivity index (χ4v) is 6.19. The van der Waals surface area contributed by atoms with Gasteiger partial charge < -0.3 is 10.1 Å². The van der Waals surface area contributed by atoms with Crippen LogP contribution < -0.4 is 19.1 Å². The zero-order valence-electron chi connectivity index (χ0n) is 21.8. The number of sulfonamides is 2. The van der Waals surface area contributed by atoms with Crippen molar-refractivity contribution in [2.75, 3.05) is 27.7 Å². The maximum atomic E-state index is 12.8. The highest BCUT2D eigenvalue weighted by Gasteiger charge is 2.22. The first kappa shape index (κ1) is 30.2. The van der Waals surface area contributed by atoms with Crippen LogP contribution in [-0.2, 0) is 26.6 Å². The first-order valence-corrected chi connectivity index (χ1v) is 16.0. The smallest absolute Gasteiger partial charge is 0.261 e.